The van der Waals surface area contributed by atoms with Gasteiger partial charge >= 0.3 is 30.6 Å². The van der Waals surface area contributed by atoms with Crippen molar-refractivity contribution in [2.45, 2.75) is 149 Å². The summed E-state index contributed by atoms with van der Waals surface area (Å²) < 4.78 is 12.6. The van der Waals surface area contributed by atoms with Crippen molar-refractivity contribution >= 4 is 26.7 Å². The SMILES string of the molecule is CCCc1cc(C(C)C)cc(C(C)C)c1-c1c(OC)ccc(OC)c1[PH+](C1CCCCC1)C1CCCCC1.Cc1c[c-]cc(C)c1.[Br][Pd+]. The molecule has 5 rings (SSSR count). The summed E-state index contributed by atoms with van der Waals surface area (Å²) in [5, 5.41) is 1.56. The summed E-state index contributed by atoms with van der Waals surface area (Å²) in [6.45, 7) is 15.9. The summed E-state index contributed by atoms with van der Waals surface area (Å²) in [6.07, 6.45) is 16.3. The molecule has 48 heavy (non-hydrogen) atoms. The van der Waals surface area contributed by atoms with Crippen molar-refractivity contribution in [2.75, 3.05) is 14.2 Å². The van der Waals surface area contributed by atoms with Gasteiger partial charge in [0.2, 0.25) is 0 Å². The van der Waals surface area contributed by atoms with Gasteiger partial charge in [-0.1, -0.05) is 79.9 Å². The Labute approximate surface area is 313 Å². The van der Waals surface area contributed by atoms with E-state index in [0.717, 1.165) is 35.7 Å². The Balaban J connectivity index is 0.000000540. The fourth-order valence-corrected chi connectivity index (χ4v) is 12.6. The minimum atomic E-state index is -0.878. The summed E-state index contributed by atoms with van der Waals surface area (Å²) in [4.78, 5) is 0. The molecule has 0 spiro atoms. The first-order valence-electron chi connectivity index (χ1n) is 18.5. The third-order valence-corrected chi connectivity index (χ3v) is 14.3. The fraction of sp³-hybridized carbons (Fsp3) is 0.581. The Kier molecular flexibility index (Phi) is 18.3. The van der Waals surface area contributed by atoms with Gasteiger partial charge in [-0.25, -0.2) is 0 Å². The summed E-state index contributed by atoms with van der Waals surface area (Å²) in [6, 6.07) is 18.6. The van der Waals surface area contributed by atoms with Crippen molar-refractivity contribution < 1.29 is 26.7 Å². The average molecular weight is 829 g/mol. The zero-order valence-corrected chi connectivity index (χ0v) is 35.5. The van der Waals surface area contributed by atoms with E-state index in [-0.39, 0.29) is 0 Å². The minimum absolute atomic E-state index is 0.447. The van der Waals surface area contributed by atoms with E-state index < -0.39 is 7.92 Å². The predicted octanol–water partition coefficient (Wildman–Crippen LogP) is 13.0. The number of halogens is 1. The van der Waals surface area contributed by atoms with Crippen molar-refractivity contribution in [3.8, 4) is 22.6 Å². The molecular weight excluding hydrogens is 766 g/mol. The van der Waals surface area contributed by atoms with Crippen LogP contribution < -0.4 is 14.8 Å². The van der Waals surface area contributed by atoms with Crippen molar-refractivity contribution in [1.29, 1.82) is 0 Å². The average Bonchev–Trinajstić information content (AvgIpc) is 3.10. The van der Waals surface area contributed by atoms with Gasteiger partial charge in [0, 0.05) is 7.92 Å². The van der Waals surface area contributed by atoms with Crippen LogP contribution in [0, 0.1) is 19.9 Å². The quantitative estimate of drug-likeness (QED) is 0.115. The molecule has 0 aromatic heterocycles. The van der Waals surface area contributed by atoms with E-state index in [1.54, 1.807) is 5.30 Å². The van der Waals surface area contributed by atoms with Crippen molar-refractivity contribution in [1.82, 2.24) is 0 Å². The fourth-order valence-electron chi connectivity index (χ4n) is 8.07. The van der Waals surface area contributed by atoms with E-state index in [9.17, 15) is 0 Å². The van der Waals surface area contributed by atoms with Gasteiger partial charge in [-0.15, -0.1) is 0 Å². The van der Waals surface area contributed by atoms with Crippen molar-refractivity contribution in [2.24, 2.45) is 0 Å². The van der Waals surface area contributed by atoms with Crippen LogP contribution in [0.25, 0.3) is 11.1 Å². The third kappa shape index (κ3) is 10.9. The third-order valence-electron chi connectivity index (χ3n) is 10.4. The van der Waals surface area contributed by atoms with Gasteiger partial charge < -0.3 is 9.47 Å². The number of hydrogen-bond acceptors (Lipinski definition) is 2. The van der Waals surface area contributed by atoms with Crippen LogP contribution in [-0.2, 0) is 23.6 Å². The van der Waals surface area contributed by atoms with Crippen LogP contribution in [0.5, 0.6) is 11.5 Å². The molecule has 0 radical (unpaired) electrons. The Morgan fingerprint density at radius 3 is 1.69 bits per heavy atom. The molecule has 0 unspecified atom stereocenters. The molecule has 2 nitrogen and oxygen atoms in total. The molecule has 0 bridgehead atoms. The van der Waals surface area contributed by atoms with Gasteiger partial charge in [0.15, 0.2) is 5.75 Å². The predicted molar refractivity (Wildman–Crippen MR) is 213 cm³/mol. The zero-order valence-electron chi connectivity index (χ0n) is 31.3. The number of ether oxygens (including phenoxy) is 2. The second kappa shape index (κ2) is 21.3. The van der Waals surface area contributed by atoms with Crippen LogP contribution in [0.2, 0.25) is 0 Å². The number of rotatable bonds is 10. The molecule has 0 heterocycles. The van der Waals surface area contributed by atoms with E-state index in [1.165, 1.54) is 103 Å². The molecule has 0 aliphatic heterocycles. The van der Waals surface area contributed by atoms with E-state index >= 15 is 0 Å². The Morgan fingerprint density at radius 1 is 0.750 bits per heavy atom. The van der Waals surface area contributed by atoms with Gasteiger partial charge in [0.1, 0.15) is 11.1 Å². The second-order valence-corrected chi connectivity index (χ2v) is 17.7. The van der Waals surface area contributed by atoms with Crippen molar-refractivity contribution in [3.63, 3.8) is 0 Å². The van der Waals surface area contributed by atoms with Crippen LogP contribution in [0.1, 0.15) is 145 Å². The van der Waals surface area contributed by atoms with Gasteiger partial charge in [-0.2, -0.15) is 35.4 Å². The van der Waals surface area contributed by atoms with Crippen LogP contribution in [-0.4, -0.2) is 25.5 Å². The molecule has 0 amide bonds. The van der Waals surface area contributed by atoms with E-state index in [0.29, 0.717) is 11.8 Å². The van der Waals surface area contributed by atoms with Crippen LogP contribution in [0.15, 0.2) is 42.5 Å². The molecule has 3 aromatic carbocycles. The number of benzene rings is 3. The standard InChI is InChI=1S/C35H53O2P.C8H9.BrH.Pd/c1-8-15-26-22-27(24(2)3)23-30(25(4)5)33(26)34-31(36-6)20-21-32(37-7)35(34)38(28-16-11-9-12-17-28)29-18-13-10-14-19-29;1-7-4-3-5-8(2)6-7;;/h20-25,28-29H,8-19H2,1-7H3;4-6H,1-2H3;1H;/q;-1;;+2. The van der Waals surface area contributed by atoms with Gasteiger partial charge in [-0.3, -0.25) is 0 Å². The summed E-state index contributed by atoms with van der Waals surface area (Å²) >= 11 is 5.35. The van der Waals surface area contributed by atoms with Gasteiger partial charge in [0.25, 0.3) is 0 Å². The second-order valence-electron chi connectivity index (χ2n) is 14.6. The first kappa shape index (κ1) is 41.3. The molecule has 0 N–H and O–H groups in total. The van der Waals surface area contributed by atoms with E-state index in [1.807, 2.05) is 26.4 Å². The van der Waals surface area contributed by atoms with Crippen molar-refractivity contribution in [3.05, 3.63) is 76.3 Å². The summed E-state index contributed by atoms with van der Waals surface area (Å²) in [7, 11) is 2.89. The molecule has 2 saturated carbocycles. The molecule has 0 atom stereocenters. The molecule has 2 aliphatic rings. The molecule has 268 valence electrons. The maximum absolute atomic E-state index is 6.30. The molecule has 2 aliphatic carbocycles. The maximum atomic E-state index is 6.30. The number of hydrogen-bond donors (Lipinski definition) is 0. The first-order chi connectivity index (χ1) is 23.2. The summed E-state index contributed by atoms with van der Waals surface area (Å²) in [5.74, 6) is 3.14. The molecule has 3 aromatic rings. The number of methoxy groups -OCH3 is 2. The Morgan fingerprint density at radius 2 is 1.27 bits per heavy atom. The van der Waals surface area contributed by atoms with Crippen LogP contribution >= 0.6 is 21.4 Å². The first-order valence-corrected chi connectivity index (χ1v) is 23.8. The Bertz CT molecular complexity index is 1360. The Hall–Kier alpha value is -1.17. The number of aryl methyl sites for hydroxylation is 3. The normalized spacial score (nSPS) is 15.6. The summed E-state index contributed by atoms with van der Waals surface area (Å²) in [5.41, 5.74) is 11.5. The van der Waals surface area contributed by atoms with Gasteiger partial charge in [-0.05, 0) is 104 Å². The van der Waals surface area contributed by atoms with Crippen LogP contribution in [0.3, 0.4) is 0 Å². The van der Waals surface area contributed by atoms with Crippen LogP contribution in [0.4, 0.5) is 0 Å². The van der Waals surface area contributed by atoms with E-state index in [2.05, 4.69) is 115 Å². The topological polar surface area (TPSA) is 18.5 Å². The molecule has 5 heteroatoms. The zero-order chi connectivity index (χ0) is 35.2. The molecular formula is C43H63BrO2PPd+. The van der Waals surface area contributed by atoms with E-state index in [4.69, 9.17) is 9.47 Å². The van der Waals surface area contributed by atoms with Gasteiger partial charge in [0.05, 0.1) is 31.1 Å². The monoisotopic (exact) mass is 827 g/mol. The molecule has 0 saturated heterocycles. The molecule has 2 fully saturated rings.